The minimum Gasteiger partial charge on any atom is -0.469 e. The Morgan fingerprint density at radius 3 is 2.59 bits per heavy atom. The summed E-state index contributed by atoms with van der Waals surface area (Å²) in [5.41, 5.74) is 2.14. The van der Waals surface area contributed by atoms with E-state index in [0.717, 1.165) is 11.1 Å². The number of halogens is 1. The van der Waals surface area contributed by atoms with Gasteiger partial charge in [0.25, 0.3) is 0 Å². The fourth-order valence-corrected chi connectivity index (χ4v) is 1.70. The van der Waals surface area contributed by atoms with E-state index in [2.05, 4.69) is 4.74 Å². The summed E-state index contributed by atoms with van der Waals surface area (Å²) in [7, 11) is 1.34. The zero-order valence-electron chi connectivity index (χ0n) is 10.1. The van der Waals surface area contributed by atoms with Crippen LogP contribution in [0, 0.1) is 6.92 Å². The third-order valence-corrected chi connectivity index (χ3v) is 2.83. The summed E-state index contributed by atoms with van der Waals surface area (Å²) >= 11 is 5.78. The number of methoxy groups -OCH3 is 1. The van der Waals surface area contributed by atoms with Crippen molar-refractivity contribution in [2.45, 2.75) is 25.6 Å². The van der Waals surface area contributed by atoms with E-state index in [1.807, 2.05) is 13.0 Å². The van der Waals surface area contributed by atoms with Gasteiger partial charge in [0, 0.05) is 5.56 Å². The average Bonchev–Trinajstić information content (AvgIpc) is 2.30. The fraction of sp³-hybridized carbons (Fsp3) is 0.385. The van der Waals surface area contributed by atoms with Crippen molar-refractivity contribution in [1.82, 2.24) is 0 Å². The van der Waals surface area contributed by atoms with Crippen LogP contribution in [0.25, 0.3) is 0 Å². The lowest BCUT2D eigenvalue weighted by atomic mass is 9.96. The van der Waals surface area contributed by atoms with Gasteiger partial charge in [-0.25, -0.2) is 0 Å². The van der Waals surface area contributed by atoms with E-state index < -0.39 is 5.38 Å². The number of Topliss-reactive ketones (excluding diaryl/α,β-unsaturated/α-hetero) is 1. The first-order valence-electron chi connectivity index (χ1n) is 5.31. The van der Waals surface area contributed by atoms with E-state index in [0.29, 0.717) is 5.56 Å². The maximum Gasteiger partial charge on any atom is 0.309 e. The van der Waals surface area contributed by atoms with Crippen LogP contribution in [0.4, 0.5) is 0 Å². The zero-order chi connectivity index (χ0) is 13.0. The highest BCUT2D eigenvalue weighted by molar-refractivity contribution is 6.33. The predicted octanol–water partition coefficient (Wildman–Crippen LogP) is 2.52. The monoisotopic (exact) mass is 254 g/mol. The van der Waals surface area contributed by atoms with Crippen molar-refractivity contribution in [2.24, 2.45) is 0 Å². The highest BCUT2D eigenvalue weighted by atomic mass is 35.5. The van der Waals surface area contributed by atoms with Gasteiger partial charge in [0.15, 0.2) is 5.78 Å². The fourth-order valence-electron chi connectivity index (χ4n) is 1.58. The van der Waals surface area contributed by atoms with Crippen molar-refractivity contribution in [1.29, 1.82) is 0 Å². The van der Waals surface area contributed by atoms with Crippen LogP contribution in [-0.4, -0.2) is 24.2 Å². The van der Waals surface area contributed by atoms with E-state index in [1.54, 1.807) is 19.1 Å². The van der Waals surface area contributed by atoms with Crippen LogP contribution in [0.15, 0.2) is 18.2 Å². The lowest BCUT2D eigenvalue weighted by Gasteiger charge is -2.10. The molecule has 0 heterocycles. The van der Waals surface area contributed by atoms with Crippen molar-refractivity contribution >= 4 is 23.4 Å². The molecule has 1 atom stereocenters. The lowest BCUT2D eigenvalue weighted by Crippen LogP contribution is -2.14. The van der Waals surface area contributed by atoms with Crippen LogP contribution in [0.5, 0.6) is 0 Å². The Morgan fingerprint density at radius 2 is 2.06 bits per heavy atom. The number of ketones is 1. The molecule has 1 aromatic carbocycles. The van der Waals surface area contributed by atoms with Crippen molar-refractivity contribution in [3.05, 3.63) is 34.9 Å². The number of alkyl halides is 1. The highest BCUT2D eigenvalue weighted by Crippen LogP contribution is 2.18. The van der Waals surface area contributed by atoms with Crippen LogP contribution in [0.3, 0.4) is 0 Å². The van der Waals surface area contributed by atoms with E-state index in [1.165, 1.54) is 7.11 Å². The second kappa shape index (κ2) is 5.82. The number of hydrogen-bond acceptors (Lipinski definition) is 3. The molecule has 1 aromatic rings. The van der Waals surface area contributed by atoms with Gasteiger partial charge < -0.3 is 4.74 Å². The van der Waals surface area contributed by atoms with Gasteiger partial charge >= 0.3 is 5.97 Å². The first-order valence-corrected chi connectivity index (χ1v) is 5.74. The minimum atomic E-state index is -0.568. The van der Waals surface area contributed by atoms with Gasteiger partial charge in [-0.15, -0.1) is 11.6 Å². The number of benzene rings is 1. The average molecular weight is 255 g/mol. The van der Waals surface area contributed by atoms with E-state index in [9.17, 15) is 9.59 Å². The van der Waals surface area contributed by atoms with Gasteiger partial charge in [0.2, 0.25) is 0 Å². The summed E-state index contributed by atoms with van der Waals surface area (Å²) in [5.74, 6) is -0.451. The Kier molecular flexibility index (Phi) is 4.70. The van der Waals surface area contributed by atoms with Crippen molar-refractivity contribution in [2.75, 3.05) is 7.11 Å². The number of hydrogen-bond donors (Lipinski definition) is 0. The maximum atomic E-state index is 11.8. The highest BCUT2D eigenvalue weighted by Gasteiger charge is 2.17. The van der Waals surface area contributed by atoms with Gasteiger partial charge in [0.05, 0.1) is 18.9 Å². The minimum absolute atomic E-state index is 0.129. The molecule has 0 amide bonds. The summed E-state index contributed by atoms with van der Waals surface area (Å²) in [5, 5.41) is -0.568. The topological polar surface area (TPSA) is 43.4 Å². The third kappa shape index (κ3) is 3.30. The zero-order valence-corrected chi connectivity index (χ0v) is 10.9. The van der Waals surface area contributed by atoms with Crippen molar-refractivity contribution in [3.63, 3.8) is 0 Å². The molecule has 3 nitrogen and oxygen atoms in total. The molecule has 0 spiro atoms. The quantitative estimate of drug-likeness (QED) is 0.471. The molecule has 0 saturated carbocycles. The molecule has 0 aliphatic rings. The van der Waals surface area contributed by atoms with Crippen LogP contribution in [0.1, 0.15) is 28.4 Å². The molecule has 0 aromatic heterocycles. The van der Waals surface area contributed by atoms with Gasteiger partial charge in [-0.3, -0.25) is 9.59 Å². The van der Waals surface area contributed by atoms with Crippen LogP contribution >= 0.6 is 11.6 Å². The molecule has 92 valence electrons. The number of carbonyl (C=O) groups excluding carboxylic acids is 2. The smallest absolute Gasteiger partial charge is 0.309 e. The molecule has 4 heteroatoms. The summed E-state index contributed by atoms with van der Waals surface area (Å²) < 4.78 is 4.61. The molecular formula is C13H15ClO3. The predicted molar refractivity (Wildman–Crippen MR) is 66.5 cm³/mol. The van der Waals surface area contributed by atoms with Gasteiger partial charge in [-0.05, 0) is 25.0 Å². The Morgan fingerprint density at radius 1 is 1.41 bits per heavy atom. The summed E-state index contributed by atoms with van der Waals surface area (Å²) in [6.07, 6.45) is 0.167. The molecule has 0 saturated heterocycles. The summed E-state index contributed by atoms with van der Waals surface area (Å²) in [6, 6.07) is 5.27. The normalized spacial score (nSPS) is 12.0. The Bertz CT molecular complexity index is 438. The maximum absolute atomic E-state index is 11.8. The third-order valence-electron chi connectivity index (χ3n) is 2.64. The van der Waals surface area contributed by atoms with Gasteiger partial charge in [0.1, 0.15) is 0 Å². The molecule has 0 bridgehead atoms. The first kappa shape index (κ1) is 13.7. The molecule has 0 N–H and O–H groups in total. The van der Waals surface area contributed by atoms with Crippen molar-refractivity contribution in [3.8, 4) is 0 Å². The largest absolute Gasteiger partial charge is 0.469 e. The molecular weight excluding hydrogens is 240 g/mol. The molecule has 1 unspecified atom stereocenters. The standard InChI is InChI=1S/C13H15ClO3/c1-8-10(7-12(15)17-3)5-4-6-11(8)13(16)9(2)14/h4-6,9H,7H2,1-3H3. The van der Waals surface area contributed by atoms with Crippen molar-refractivity contribution < 1.29 is 14.3 Å². The molecule has 0 fully saturated rings. The summed E-state index contributed by atoms with van der Waals surface area (Å²) in [4.78, 5) is 23.0. The SMILES string of the molecule is COC(=O)Cc1cccc(C(=O)C(C)Cl)c1C. The van der Waals surface area contributed by atoms with Crippen LogP contribution in [0.2, 0.25) is 0 Å². The Hall–Kier alpha value is -1.35. The number of carbonyl (C=O) groups is 2. The number of rotatable bonds is 4. The molecule has 0 radical (unpaired) electrons. The molecule has 1 rings (SSSR count). The molecule has 17 heavy (non-hydrogen) atoms. The Balaban J connectivity index is 3.07. The number of ether oxygens (including phenoxy) is 1. The Labute approximate surface area is 106 Å². The molecule has 0 aliphatic carbocycles. The summed E-state index contributed by atoms with van der Waals surface area (Å²) in [6.45, 7) is 3.45. The van der Waals surface area contributed by atoms with E-state index >= 15 is 0 Å². The second-order valence-corrected chi connectivity index (χ2v) is 4.48. The van der Waals surface area contributed by atoms with E-state index in [4.69, 9.17) is 11.6 Å². The first-order chi connectivity index (χ1) is 7.97. The van der Waals surface area contributed by atoms with Gasteiger partial charge in [-0.2, -0.15) is 0 Å². The number of esters is 1. The molecule has 0 aliphatic heterocycles. The van der Waals surface area contributed by atoms with E-state index in [-0.39, 0.29) is 18.2 Å². The lowest BCUT2D eigenvalue weighted by molar-refractivity contribution is -0.139. The van der Waals surface area contributed by atoms with Crippen LogP contribution in [-0.2, 0) is 16.0 Å². The second-order valence-electron chi connectivity index (χ2n) is 3.82. The van der Waals surface area contributed by atoms with Gasteiger partial charge in [-0.1, -0.05) is 18.2 Å². The van der Waals surface area contributed by atoms with Crippen LogP contribution < -0.4 is 0 Å².